The zero-order valence-electron chi connectivity index (χ0n) is 15.1. The molecular weight excluding hydrogens is 367 g/mol. The van der Waals surface area contributed by atoms with E-state index in [4.69, 9.17) is 9.26 Å². The van der Waals surface area contributed by atoms with E-state index in [9.17, 15) is 23.1 Å². The number of hydrogen-bond acceptors (Lipinski definition) is 6. The van der Waals surface area contributed by atoms with Crippen molar-refractivity contribution in [1.82, 2.24) is 15.0 Å². The van der Waals surface area contributed by atoms with Gasteiger partial charge in [-0.25, -0.2) is 8.78 Å². The molecule has 1 aliphatic heterocycles. The first-order valence-electron chi connectivity index (χ1n) is 8.10. The smallest absolute Gasteiger partial charge is 0.295 e. The molecule has 2 aromatic rings. The summed E-state index contributed by atoms with van der Waals surface area (Å²) in [6.07, 6.45) is 0. The van der Waals surface area contributed by atoms with Crippen molar-refractivity contribution in [3.8, 4) is 17.2 Å². The van der Waals surface area contributed by atoms with Crippen LogP contribution in [-0.4, -0.2) is 50.3 Å². The standard InChI is InChI=1S/C17H18F3N3O4/c1-16(2)6-23(7-17(3,4)27-16)15(25)13-21-14(26-22-13)8-5-9(18)11(20)12(24)10(8)19/h5,24H,6-7H2,1-4H3. The van der Waals surface area contributed by atoms with Crippen LogP contribution >= 0.6 is 0 Å². The third kappa shape index (κ3) is 3.61. The van der Waals surface area contributed by atoms with Gasteiger partial charge >= 0.3 is 0 Å². The van der Waals surface area contributed by atoms with E-state index >= 15 is 0 Å². The van der Waals surface area contributed by atoms with Crippen LogP contribution in [0.2, 0.25) is 0 Å². The number of halogens is 3. The van der Waals surface area contributed by atoms with Crippen LogP contribution in [0.15, 0.2) is 10.6 Å². The van der Waals surface area contributed by atoms with Crippen LogP contribution in [0, 0.1) is 17.5 Å². The number of aromatic hydroxyl groups is 1. The Morgan fingerprint density at radius 2 is 1.74 bits per heavy atom. The van der Waals surface area contributed by atoms with Gasteiger partial charge in [0, 0.05) is 13.1 Å². The second-order valence-electron chi connectivity index (χ2n) is 7.59. The maximum absolute atomic E-state index is 14.0. The summed E-state index contributed by atoms with van der Waals surface area (Å²) in [6, 6.07) is 0.465. The van der Waals surface area contributed by atoms with E-state index in [2.05, 4.69) is 10.1 Å². The molecule has 3 rings (SSSR count). The van der Waals surface area contributed by atoms with Crippen LogP contribution in [0.1, 0.15) is 38.3 Å². The quantitative estimate of drug-likeness (QED) is 0.800. The van der Waals surface area contributed by atoms with Gasteiger partial charge in [-0.1, -0.05) is 5.16 Å². The van der Waals surface area contributed by atoms with Crippen molar-refractivity contribution in [2.75, 3.05) is 13.1 Å². The van der Waals surface area contributed by atoms with Crippen LogP contribution in [-0.2, 0) is 4.74 Å². The highest BCUT2D eigenvalue weighted by atomic mass is 19.2. The molecule has 1 aromatic carbocycles. The lowest BCUT2D eigenvalue weighted by molar-refractivity contribution is -0.171. The van der Waals surface area contributed by atoms with Gasteiger partial charge in [0.2, 0.25) is 5.82 Å². The zero-order valence-corrected chi connectivity index (χ0v) is 15.1. The Hall–Kier alpha value is -2.62. The first kappa shape index (κ1) is 19.2. The van der Waals surface area contributed by atoms with Crippen molar-refractivity contribution in [3.05, 3.63) is 29.3 Å². The molecule has 2 heterocycles. The summed E-state index contributed by atoms with van der Waals surface area (Å²) < 4.78 is 51.4. The van der Waals surface area contributed by atoms with Crippen molar-refractivity contribution in [1.29, 1.82) is 0 Å². The highest BCUT2D eigenvalue weighted by Gasteiger charge is 2.41. The molecule has 0 atom stereocenters. The Morgan fingerprint density at radius 3 is 2.33 bits per heavy atom. The fourth-order valence-electron chi connectivity index (χ4n) is 3.24. The fourth-order valence-corrected chi connectivity index (χ4v) is 3.24. The van der Waals surface area contributed by atoms with E-state index in [0.717, 1.165) is 0 Å². The van der Waals surface area contributed by atoms with E-state index < -0.39 is 51.8 Å². The molecule has 0 radical (unpaired) electrons. The minimum absolute atomic E-state index is 0.263. The SMILES string of the molecule is CC1(C)CN(C(=O)c2noc(-c3cc(F)c(F)c(O)c3F)n2)CC(C)(C)O1. The van der Waals surface area contributed by atoms with Crippen molar-refractivity contribution in [2.45, 2.75) is 38.9 Å². The van der Waals surface area contributed by atoms with E-state index in [-0.39, 0.29) is 18.9 Å². The molecule has 0 spiro atoms. The Bertz CT molecular complexity index is 895. The number of carbonyl (C=O) groups is 1. The zero-order chi connectivity index (χ0) is 20.1. The number of hydrogen-bond donors (Lipinski definition) is 1. The van der Waals surface area contributed by atoms with E-state index in [1.165, 1.54) is 4.90 Å². The van der Waals surface area contributed by atoms with Crippen molar-refractivity contribution >= 4 is 5.91 Å². The van der Waals surface area contributed by atoms with Gasteiger partial charge in [-0.2, -0.15) is 9.37 Å². The molecule has 0 unspecified atom stereocenters. The molecule has 0 bridgehead atoms. The number of phenols is 1. The Labute approximate surface area is 152 Å². The summed E-state index contributed by atoms with van der Waals surface area (Å²) in [5.41, 5.74) is -1.87. The topological polar surface area (TPSA) is 88.7 Å². The average molecular weight is 385 g/mol. The first-order valence-corrected chi connectivity index (χ1v) is 8.10. The highest BCUT2D eigenvalue weighted by Crippen LogP contribution is 2.32. The summed E-state index contributed by atoms with van der Waals surface area (Å²) in [5.74, 6) is -7.71. The lowest BCUT2D eigenvalue weighted by Crippen LogP contribution is -2.58. The molecule has 0 saturated carbocycles. The minimum atomic E-state index is -1.73. The van der Waals surface area contributed by atoms with Gasteiger partial charge < -0.3 is 19.3 Å². The largest absolute Gasteiger partial charge is 0.503 e. The van der Waals surface area contributed by atoms with E-state index in [1.807, 2.05) is 27.7 Å². The number of ether oxygens (including phenoxy) is 1. The number of nitrogens with zero attached hydrogens (tertiary/aromatic N) is 3. The third-order valence-corrected chi connectivity index (χ3v) is 3.96. The van der Waals surface area contributed by atoms with Crippen molar-refractivity contribution < 1.29 is 32.3 Å². The predicted molar refractivity (Wildman–Crippen MR) is 86.4 cm³/mol. The summed E-state index contributed by atoms with van der Waals surface area (Å²) in [7, 11) is 0. The monoisotopic (exact) mass is 385 g/mol. The van der Waals surface area contributed by atoms with Gasteiger partial charge in [-0.3, -0.25) is 4.79 Å². The van der Waals surface area contributed by atoms with Gasteiger partial charge in [0.05, 0.1) is 16.8 Å². The number of rotatable bonds is 2. The summed E-state index contributed by atoms with van der Waals surface area (Å²) in [4.78, 5) is 17.9. The second kappa shape index (κ2) is 6.22. The molecule has 1 saturated heterocycles. The number of aromatic nitrogens is 2. The minimum Gasteiger partial charge on any atom is -0.503 e. The van der Waals surface area contributed by atoms with Gasteiger partial charge in [0.1, 0.15) is 0 Å². The summed E-state index contributed by atoms with van der Waals surface area (Å²) in [6.45, 7) is 7.84. The van der Waals surface area contributed by atoms with Crippen LogP contribution < -0.4 is 0 Å². The van der Waals surface area contributed by atoms with Gasteiger partial charge in [0.25, 0.3) is 17.6 Å². The lowest BCUT2D eigenvalue weighted by atomic mass is 9.99. The van der Waals surface area contributed by atoms with Gasteiger partial charge in [0.15, 0.2) is 17.4 Å². The van der Waals surface area contributed by atoms with Crippen LogP contribution in [0.25, 0.3) is 11.5 Å². The number of amides is 1. The van der Waals surface area contributed by atoms with Crippen molar-refractivity contribution in [3.63, 3.8) is 0 Å². The molecule has 1 N–H and O–H groups in total. The first-order chi connectivity index (χ1) is 12.4. The molecule has 7 nitrogen and oxygen atoms in total. The third-order valence-electron chi connectivity index (χ3n) is 3.96. The maximum Gasteiger partial charge on any atom is 0.295 e. The average Bonchev–Trinajstić information content (AvgIpc) is 3.02. The van der Waals surface area contributed by atoms with Crippen LogP contribution in [0.3, 0.4) is 0 Å². The Kier molecular flexibility index (Phi) is 4.41. The molecule has 1 aromatic heterocycles. The van der Waals surface area contributed by atoms with Crippen LogP contribution in [0.4, 0.5) is 13.2 Å². The summed E-state index contributed by atoms with van der Waals surface area (Å²) in [5, 5.41) is 12.8. The highest BCUT2D eigenvalue weighted by molar-refractivity contribution is 5.91. The van der Waals surface area contributed by atoms with E-state index in [1.54, 1.807) is 0 Å². The maximum atomic E-state index is 14.0. The molecule has 0 aliphatic carbocycles. The van der Waals surface area contributed by atoms with Crippen molar-refractivity contribution in [2.24, 2.45) is 0 Å². The number of carbonyl (C=O) groups excluding carboxylic acids is 1. The number of phenolic OH excluding ortho intramolecular Hbond substituents is 1. The molecular formula is C17H18F3N3O4. The fraction of sp³-hybridized carbons (Fsp3) is 0.471. The number of morpholine rings is 1. The molecule has 27 heavy (non-hydrogen) atoms. The predicted octanol–water partition coefficient (Wildman–Crippen LogP) is 2.89. The van der Waals surface area contributed by atoms with E-state index in [0.29, 0.717) is 6.07 Å². The lowest BCUT2D eigenvalue weighted by Gasteiger charge is -2.46. The van der Waals surface area contributed by atoms with Gasteiger partial charge in [-0.05, 0) is 33.8 Å². The normalized spacial score (nSPS) is 18.6. The molecule has 1 aliphatic rings. The second-order valence-corrected chi connectivity index (χ2v) is 7.59. The number of benzene rings is 1. The molecule has 146 valence electrons. The molecule has 1 amide bonds. The molecule has 1 fully saturated rings. The Balaban J connectivity index is 1.91. The van der Waals surface area contributed by atoms with Gasteiger partial charge in [-0.15, -0.1) is 0 Å². The Morgan fingerprint density at radius 1 is 1.15 bits per heavy atom. The molecule has 10 heteroatoms. The van der Waals surface area contributed by atoms with Crippen LogP contribution in [0.5, 0.6) is 5.75 Å². The summed E-state index contributed by atoms with van der Waals surface area (Å²) >= 11 is 0.